The molecule has 0 heterocycles. The Kier molecular flexibility index (Phi) is 9.34. The topological polar surface area (TPSA) is 119 Å². The summed E-state index contributed by atoms with van der Waals surface area (Å²) in [5, 5.41) is 0. The fraction of sp³-hybridized carbons (Fsp3) is 0.458. The van der Waals surface area contributed by atoms with Crippen LogP contribution in [-0.2, 0) is 26.9 Å². The SMILES string of the molecule is Cc1ccc(CCCC(=O)c2cc(C)c(COC[C@@](C)(N)COP(=O)(O)O)c(C)c2)cc1. The van der Waals surface area contributed by atoms with Gasteiger partial charge in [-0.25, -0.2) is 4.57 Å². The van der Waals surface area contributed by atoms with Crippen LogP contribution in [0.2, 0.25) is 0 Å². The van der Waals surface area contributed by atoms with Crippen molar-refractivity contribution < 1.29 is 28.4 Å². The normalized spacial score (nSPS) is 13.7. The lowest BCUT2D eigenvalue weighted by atomic mass is 9.95. The van der Waals surface area contributed by atoms with E-state index in [4.69, 9.17) is 20.3 Å². The predicted molar refractivity (Wildman–Crippen MR) is 125 cm³/mol. The summed E-state index contributed by atoms with van der Waals surface area (Å²) in [6.45, 7) is 7.54. The van der Waals surface area contributed by atoms with Gasteiger partial charge in [0, 0.05) is 12.0 Å². The molecule has 176 valence electrons. The molecule has 0 saturated carbocycles. The van der Waals surface area contributed by atoms with Crippen LogP contribution in [0.15, 0.2) is 36.4 Å². The maximum absolute atomic E-state index is 12.7. The fourth-order valence-corrected chi connectivity index (χ4v) is 3.86. The lowest BCUT2D eigenvalue weighted by Crippen LogP contribution is -2.45. The van der Waals surface area contributed by atoms with E-state index in [1.807, 2.05) is 26.0 Å². The molecule has 0 aromatic heterocycles. The Morgan fingerprint density at radius 2 is 1.66 bits per heavy atom. The lowest BCUT2D eigenvalue weighted by molar-refractivity contribution is 0.0508. The zero-order valence-electron chi connectivity index (χ0n) is 19.3. The van der Waals surface area contributed by atoms with Crippen LogP contribution in [0.3, 0.4) is 0 Å². The van der Waals surface area contributed by atoms with Gasteiger partial charge in [-0.1, -0.05) is 29.8 Å². The van der Waals surface area contributed by atoms with Crippen LogP contribution >= 0.6 is 7.82 Å². The molecule has 0 aliphatic carbocycles. The maximum atomic E-state index is 12.7. The first-order chi connectivity index (χ1) is 14.9. The van der Waals surface area contributed by atoms with E-state index in [2.05, 4.69) is 35.7 Å². The molecule has 2 aromatic rings. The molecule has 2 rings (SSSR count). The maximum Gasteiger partial charge on any atom is 0.469 e. The molecule has 8 heteroatoms. The molecule has 2 aromatic carbocycles. The zero-order valence-corrected chi connectivity index (χ0v) is 20.2. The summed E-state index contributed by atoms with van der Waals surface area (Å²) in [6.07, 6.45) is 2.17. The molecule has 0 fully saturated rings. The highest BCUT2D eigenvalue weighted by Crippen LogP contribution is 2.36. The van der Waals surface area contributed by atoms with E-state index in [0.717, 1.165) is 29.5 Å². The third kappa shape index (κ3) is 8.94. The summed E-state index contributed by atoms with van der Waals surface area (Å²) in [5.41, 5.74) is 11.0. The van der Waals surface area contributed by atoms with Gasteiger partial charge >= 0.3 is 7.82 Å². The number of benzene rings is 2. The Labute approximate surface area is 190 Å². The van der Waals surface area contributed by atoms with E-state index in [1.165, 1.54) is 11.1 Å². The highest BCUT2D eigenvalue weighted by Gasteiger charge is 2.25. The lowest BCUT2D eigenvalue weighted by Gasteiger charge is -2.24. The first-order valence-electron chi connectivity index (χ1n) is 10.6. The van der Waals surface area contributed by atoms with Gasteiger partial charge in [-0.2, -0.15) is 0 Å². The van der Waals surface area contributed by atoms with Gasteiger partial charge in [0.2, 0.25) is 0 Å². The number of rotatable bonds is 12. The van der Waals surface area contributed by atoms with Crippen molar-refractivity contribution in [1.82, 2.24) is 0 Å². The van der Waals surface area contributed by atoms with Crippen molar-refractivity contribution in [3.8, 4) is 0 Å². The van der Waals surface area contributed by atoms with E-state index in [-0.39, 0.29) is 25.6 Å². The fourth-order valence-electron chi connectivity index (χ4n) is 3.39. The number of ether oxygens (including phenoxy) is 1. The molecule has 1 atom stereocenters. The number of phosphoric acid groups is 1. The van der Waals surface area contributed by atoms with Gasteiger partial charge in [0.25, 0.3) is 0 Å². The van der Waals surface area contributed by atoms with Crippen molar-refractivity contribution in [3.63, 3.8) is 0 Å². The molecule has 7 nitrogen and oxygen atoms in total. The summed E-state index contributed by atoms with van der Waals surface area (Å²) in [7, 11) is -4.58. The average molecular weight is 464 g/mol. The van der Waals surface area contributed by atoms with Crippen LogP contribution in [-0.4, -0.2) is 34.3 Å². The smallest absolute Gasteiger partial charge is 0.375 e. The third-order valence-electron chi connectivity index (χ3n) is 5.25. The van der Waals surface area contributed by atoms with E-state index >= 15 is 0 Å². The number of hydrogen-bond acceptors (Lipinski definition) is 5. The first kappa shape index (κ1) is 26.4. The monoisotopic (exact) mass is 463 g/mol. The Balaban J connectivity index is 1.89. The number of nitrogens with two attached hydrogens (primary N) is 1. The van der Waals surface area contributed by atoms with Crippen LogP contribution < -0.4 is 5.73 Å². The van der Waals surface area contributed by atoms with Crippen LogP contribution in [0.4, 0.5) is 0 Å². The summed E-state index contributed by atoms with van der Waals surface area (Å²) >= 11 is 0. The number of ketones is 1. The van der Waals surface area contributed by atoms with Gasteiger partial charge in [0.15, 0.2) is 5.78 Å². The number of Topliss-reactive ketones (excluding diaryl/α,β-unsaturated/α-hetero) is 1. The number of carbonyl (C=O) groups excluding carboxylic acids is 1. The van der Waals surface area contributed by atoms with Crippen LogP contribution in [0, 0.1) is 20.8 Å². The molecular formula is C24H34NO6P. The molecule has 0 radical (unpaired) electrons. The van der Waals surface area contributed by atoms with Crippen molar-refractivity contribution >= 4 is 13.6 Å². The Morgan fingerprint density at radius 3 is 2.22 bits per heavy atom. The van der Waals surface area contributed by atoms with Gasteiger partial charge < -0.3 is 20.3 Å². The summed E-state index contributed by atoms with van der Waals surface area (Å²) in [6, 6.07) is 12.2. The minimum atomic E-state index is -4.58. The molecule has 4 N–H and O–H groups in total. The molecule has 0 bridgehead atoms. The molecule has 0 aliphatic heterocycles. The van der Waals surface area contributed by atoms with E-state index < -0.39 is 13.4 Å². The first-order valence-corrected chi connectivity index (χ1v) is 12.1. The van der Waals surface area contributed by atoms with Crippen molar-refractivity contribution in [2.45, 2.75) is 59.1 Å². The van der Waals surface area contributed by atoms with Crippen molar-refractivity contribution in [2.75, 3.05) is 13.2 Å². The molecule has 32 heavy (non-hydrogen) atoms. The number of hydrogen-bond donors (Lipinski definition) is 3. The number of phosphoric ester groups is 1. The molecule has 0 amide bonds. The summed E-state index contributed by atoms with van der Waals surface area (Å²) in [4.78, 5) is 30.3. The Hall–Kier alpha value is -1.86. The van der Waals surface area contributed by atoms with Crippen molar-refractivity contribution in [3.05, 3.63) is 69.8 Å². The third-order valence-corrected chi connectivity index (χ3v) is 5.71. The Morgan fingerprint density at radius 1 is 1.06 bits per heavy atom. The standard InChI is InChI=1S/C24H34NO6P/c1-17-8-10-20(11-9-17)6-5-7-23(26)21-12-18(2)22(19(3)13-21)14-30-15-24(4,25)16-31-32(27,28)29/h8-13H,5-7,14-16,25H2,1-4H3,(H2,27,28,29)/t24-/m1/s1. The second kappa shape index (κ2) is 11.3. The zero-order chi connectivity index (χ0) is 23.9. The summed E-state index contributed by atoms with van der Waals surface area (Å²) in [5.74, 6) is 0.125. The summed E-state index contributed by atoms with van der Waals surface area (Å²) < 4.78 is 21.0. The molecule has 0 unspecified atom stereocenters. The minimum absolute atomic E-state index is 0.0611. The Bertz CT molecular complexity index is 942. The second-order valence-corrected chi connectivity index (χ2v) is 10.0. The van der Waals surface area contributed by atoms with Gasteiger partial charge in [-0.15, -0.1) is 0 Å². The largest absolute Gasteiger partial charge is 0.469 e. The van der Waals surface area contributed by atoms with Gasteiger partial charge in [-0.3, -0.25) is 9.32 Å². The molecule has 0 spiro atoms. The van der Waals surface area contributed by atoms with Gasteiger partial charge in [-0.05, 0) is 74.9 Å². The van der Waals surface area contributed by atoms with Gasteiger partial charge in [0.05, 0.1) is 25.4 Å². The highest BCUT2D eigenvalue weighted by atomic mass is 31.2. The average Bonchev–Trinajstić information content (AvgIpc) is 2.69. The van der Waals surface area contributed by atoms with Crippen molar-refractivity contribution in [1.29, 1.82) is 0 Å². The quantitative estimate of drug-likeness (QED) is 0.319. The number of carbonyl (C=O) groups is 1. The molecular weight excluding hydrogens is 429 g/mol. The molecule has 0 aliphatic rings. The van der Waals surface area contributed by atoms with E-state index in [9.17, 15) is 9.36 Å². The van der Waals surface area contributed by atoms with Crippen LogP contribution in [0.25, 0.3) is 0 Å². The van der Waals surface area contributed by atoms with E-state index in [0.29, 0.717) is 12.0 Å². The number of aryl methyl sites for hydroxylation is 4. The van der Waals surface area contributed by atoms with E-state index in [1.54, 1.807) is 6.92 Å². The highest BCUT2D eigenvalue weighted by molar-refractivity contribution is 7.46. The van der Waals surface area contributed by atoms with Crippen LogP contribution in [0.5, 0.6) is 0 Å². The predicted octanol–water partition coefficient (Wildman–Crippen LogP) is 4.16. The van der Waals surface area contributed by atoms with Crippen molar-refractivity contribution in [2.24, 2.45) is 5.73 Å². The minimum Gasteiger partial charge on any atom is -0.375 e. The van der Waals surface area contributed by atoms with Gasteiger partial charge in [0.1, 0.15) is 0 Å². The second-order valence-electron chi connectivity index (χ2n) is 8.76. The van der Waals surface area contributed by atoms with Crippen LogP contribution in [0.1, 0.15) is 57.9 Å². The molecule has 0 saturated heterocycles.